The summed E-state index contributed by atoms with van der Waals surface area (Å²) >= 11 is 0. The van der Waals surface area contributed by atoms with Gasteiger partial charge in [-0.1, -0.05) is 12.1 Å². The highest BCUT2D eigenvalue weighted by Gasteiger charge is 2.31. The normalized spacial score (nSPS) is 17.1. The summed E-state index contributed by atoms with van der Waals surface area (Å²) < 4.78 is 20.7. The molecule has 0 saturated carbocycles. The molecule has 3 heterocycles. The zero-order valence-corrected chi connectivity index (χ0v) is 15.8. The molecule has 1 aliphatic heterocycles. The van der Waals surface area contributed by atoms with Crippen LogP contribution in [-0.4, -0.2) is 32.1 Å². The first kappa shape index (κ1) is 18.4. The van der Waals surface area contributed by atoms with E-state index < -0.39 is 0 Å². The summed E-state index contributed by atoms with van der Waals surface area (Å²) in [6.45, 7) is 2.86. The number of carbonyl (C=O) groups is 1. The van der Waals surface area contributed by atoms with E-state index in [-0.39, 0.29) is 24.3 Å². The SMILES string of the molecule is Cc1cnn(CC(=O)N2CCCC[C@H]2c2ncc(Cc3ccc(F)cc3)o2)c1. The van der Waals surface area contributed by atoms with Crippen LogP contribution in [0, 0.1) is 12.7 Å². The van der Waals surface area contributed by atoms with Crippen molar-refractivity contribution in [2.75, 3.05) is 6.54 Å². The number of piperidine rings is 1. The van der Waals surface area contributed by atoms with Gasteiger partial charge in [-0.2, -0.15) is 5.10 Å². The molecule has 1 saturated heterocycles. The highest BCUT2D eigenvalue weighted by molar-refractivity contribution is 5.76. The van der Waals surface area contributed by atoms with E-state index in [1.54, 1.807) is 29.2 Å². The predicted molar refractivity (Wildman–Crippen MR) is 101 cm³/mol. The largest absolute Gasteiger partial charge is 0.443 e. The van der Waals surface area contributed by atoms with E-state index in [1.807, 2.05) is 18.0 Å². The number of likely N-dealkylation sites (tertiary alicyclic amines) is 1. The Balaban J connectivity index is 1.47. The van der Waals surface area contributed by atoms with Gasteiger partial charge >= 0.3 is 0 Å². The highest BCUT2D eigenvalue weighted by Crippen LogP contribution is 2.31. The number of aryl methyl sites for hydroxylation is 1. The Labute approximate surface area is 163 Å². The Morgan fingerprint density at radius 3 is 2.82 bits per heavy atom. The van der Waals surface area contributed by atoms with Crippen molar-refractivity contribution in [1.82, 2.24) is 19.7 Å². The third-order valence-corrected chi connectivity index (χ3v) is 5.03. The maximum Gasteiger partial charge on any atom is 0.244 e. The van der Waals surface area contributed by atoms with E-state index in [2.05, 4.69) is 10.1 Å². The second-order valence-electron chi connectivity index (χ2n) is 7.28. The predicted octanol–water partition coefficient (Wildman–Crippen LogP) is 3.66. The average molecular weight is 382 g/mol. The molecule has 0 radical (unpaired) electrons. The monoisotopic (exact) mass is 382 g/mol. The van der Waals surface area contributed by atoms with Crippen LogP contribution in [0.25, 0.3) is 0 Å². The molecule has 1 amide bonds. The molecular weight excluding hydrogens is 359 g/mol. The lowest BCUT2D eigenvalue weighted by Crippen LogP contribution is -2.40. The van der Waals surface area contributed by atoms with Crippen LogP contribution in [-0.2, 0) is 17.8 Å². The number of amides is 1. The molecule has 6 nitrogen and oxygen atoms in total. The fourth-order valence-corrected chi connectivity index (χ4v) is 3.63. The number of aromatic nitrogens is 3. The summed E-state index contributed by atoms with van der Waals surface area (Å²) in [5.74, 6) is 1.04. The molecule has 1 fully saturated rings. The molecule has 1 aromatic carbocycles. The van der Waals surface area contributed by atoms with Gasteiger partial charge in [0.05, 0.1) is 12.4 Å². The Morgan fingerprint density at radius 1 is 1.25 bits per heavy atom. The van der Waals surface area contributed by atoms with Gasteiger partial charge in [0.1, 0.15) is 24.2 Å². The van der Waals surface area contributed by atoms with E-state index in [4.69, 9.17) is 4.42 Å². The number of rotatable bonds is 5. The standard InChI is InChI=1S/C21H23FN4O2/c1-15-11-24-25(13-15)14-20(27)26-9-3-2-4-19(26)21-23-12-18(28-21)10-16-5-7-17(22)8-6-16/h5-8,11-13,19H,2-4,9-10,14H2,1H3/t19-/m0/s1. The van der Waals surface area contributed by atoms with Crippen LogP contribution in [0.1, 0.15) is 48.1 Å². The first-order chi connectivity index (χ1) is 13.6. The molecule has 4 rings (SSSR count). The number of oxazole rings is 1. The van der Waals surface area contributed by atoms with Gasteiger partial charge in [0.25, 0.3) is 0 Å². The molecule has 2 aromatic heterocycles. The number of nitrogens with zero attached hydrogens (tertiary/aromatic N) is 4. The Kier molecular flexibility index (Phi) is 5.23. The zero-order valence-electron chi connectivity index (χ0n) is 15.8. The second-order valence-corrected chi connectivity index (χ2v) is 7.28. The zero-order chi connectivity index (χ0) is 19.5. The molecule has 0 N–H and O–H groups in total. The van der Waals surface area contributed by atoms with E-state index in [0.717, 1.165) is 30.4 Å². The minimum absolute atomic E-state index is 0.0195. The smallest absolute Gasteiger partial charge is 0.244 e. The minimum Gasteiger partial charge on any atom is -0.443 e. The van der Waals surface area contributed by atoms with Crippen molar-refractivity contribution in [3.05, 3.63) is 71.5 Å². The number of carbonyl (C=O) groups excluding carboxylic acids is 1. The summed E-state index contributed by atoms with van der Waals surface area (Å²) in [5.41, 5.74) is 1.98. The minimum atomic E-state index is -0.259. The van der Waals surface area contributed by atoms with Crippen LogP contribution in [0.3, 0.4) is 0 Å². The summed E-state index contributed by atoms with van der Waals surface area (Å²) in [6.07, 6.45) is 8.70. The van der Waals surface area contributed by atoms with Crippen LogP contribution in [0.15, 0.2) is 47.3 Å². The summed E-state index contributed by atoms with van der Waals surface area (Å²) in [7, 11) is 0. The van der Waals surface area contributed by atoms with Gasteiger partial charge in [0, 0.05) is 19.2 Å². The molecule has 1 atom stereocenters. The number of hydrogen-bond donors (Lipinski definition) is 0. The van der Waals surface area contributed by atoms with Crippen LogP contribution in [0.2, 0.25) is 0 Å². The topological polar surface area (TPSA) is 64.2 Å². The molecule has 0 spiro atoms. The van der Waals surface area contributed by atoms with Crippen molar-refractivity contribution < 1.29 is 13.6 Å². The van der Waals surface area contributed by atoms with Crippen molar-refractivity contribution in [2.45, 2.75) is 45.2 Å². The van der Waals surface area contributed by atoms with Crippen molar-refractivity contribution >= 4 is 5.91 Å². The summed E-state index contributed by atoms with van der Waals surface area (Å²) in [5, 5.41) is 4.21. The first-order valence-electron chi connectivity index (χ1n) is 9.56. The van der Waals surface area contributed by atoms with E-state index in [9.17, 15) is 9.18 Å². The van der Waals surface area contributed by atoms with Gasteiger partial charge < -0.3 is 9.32 Å². The number of halogens is 1. The first-order valence-corrected chi connectivity index (χ1v) is 9.56. The van der Waals surface area contributed by atoms with E-state index in [1.165, 1.54) is 12.1 Å². The van der Waals surface area contributed by atoms with Gasteiger partial charge in [-0.15, -0.1) is 0 Å². The highest BCUT2D eigenvalue weighted by atomic mass is 19.1. The van der Waals surface area contributed by atoms with Gasteiger partial charge in [-0.3, -0.25) is 9.48 Å². The van der Waals surface area contributed by atoms with Gasteiger partial charge in [-0.25, -0.2) is 9.37 Å². The van der Waals surface area contributed by atoms with Crippen molar-refractivity contribution in [2.24, 2.45) is 0 Å². The molecule has 3 aromatic rings. The fourth-order valence-electron chi connectivity index (χ4n) is 3.63. The van der Waals surface area contributed by atoms with Crippen molar-refractivity contribution in [3.63, 3.8) is 0 Å². The van der Waals surface area contributed by atoms with Gasteiger partial charge in [-0.05, 0) is 49.4 Å². The Morgan fingerprint density at radius 2 is 2.07 bits per heavy atom. The maximum atomic E-state index is 13.1. The third kappa shape index (κ3) is 4.13. The Hall–Kier alpha value is -2.96. The maximum absolute atomic E-state index is 13.1. The summed E-state index contributed by atoms with van der Waals surface area (Å²) in [6, 6.07) is 6.19. The van der Waals surface area contributed by atoms with Gasteiger partial charge in [0.2, 0.25) is 11.8 Å². The third-order valence-electron chi connectivity index (χ3n) is 5.03. The fraction of sp³-hybridized carbons (Fsp3) is 0.381. The Bertz CT molecular complexity index is 947. The van der Waals surface area contributed by atoms with Crippen molar-refractivity contribution in [1.29, 1.82) is 0 Å². The van der Waals surface area contributed by atoms with Gasteiger partial charge in [0.15, 0.2) is 0 Å². The van der Waals surface area contributed by atoms with E-state index >= 15 is 0 Å². The molecule has 28 heavy (non-hydrogen) atoms. The molecule has 0 unspecified atom stereocenters. The average Bonchev–Trinajstić information content (AvgIpc) is 3.32. The lowest BCUT2D eigenvalue weighted by Gasteiger charge is -2.33. The molecule has 7 heteroatoms. The number of hydrogen-bond acceptors (Lipinski definition) is 4. The molecule has 1 aliphatic rings. The lowest BCUT2D eigenvalue weighted by atomic mass is 10.0. The molecule has 0 bridgehead atoms. The summed E-state index contributed by atoms with van der Waals surface area (Å²) in [4.78, 5) is 19.1. The van der Waals surface area contributed by atoms with E-state index in [0.29, 0.717) is 24.6 Å². The van der Waals surface area contributed by atoms with Crippen LogP contribution in [0.5, 0.6) is 0 Å². The van der Waals surface area contributed by atoms with Crippen molar-refractivity contribution in [3.8, 4) is 0 Å². The van der Waals surface area contributed by atoms with Crippen LogP contribution >= 0.6 is 0 Å². The molecule has 0 aliphatic carbocycles. The molecular formula is C21H23FN4O2. The quantitative estimate of drug-likeness (QED) is 0.675. The van der Waals surface area contributed by atoms with Crippen LogP contribution in [0.4, 0.5) is 4.39 Å². The van der Waals surface area contributed by atoms with Crippen LogP contribution < -0.4 is 0 Å². The molecule has 146 valence electrons. The number of benzene rings is 1. The lowest BCUT2D eigenvalue weighted by molar-refractivity contribution is -0.136. The second kappa shape index (κ2) is 7.96.